The highest BCUT2D eigenvalue weighted by molar-refractivity contribution is 5.90. The van der Waals surface area contributed by atoms with E-state index < -0.39 is 23.3 Å². The Labute approximate surface area is 119 Å². The van der Waals surface area contributed by atoms with Crippen LogP contribution in [0.4, 0.5) is 18.9 Å². The van der Waals surface area contributed by atoms with Crippen LogP contribution in [0.25, 0.3) is 0 Å². The molecule has 0 aromatic heterocycles. The molecule has 116 valence electrons. The highest BCUT2D eigenvalue weighted by Crippen LogP contribution is 2.35. The Kier molecular flexibility index (Phi) is 4.41. The van der Waals surface area contributed by atoms with Crippen LogP contribution in [0.2, 0.25) is 0 Å². The molecule has 2 N–H and O–H groups in total. The molecule has 1 aromatic rings. The van der Waals surface area contributed by atoms with Crippen LogP contribution in [0.15, 0.2) is 18.2 Å². The Morgan fingerprint density at radius 2 is 2.10 bits per heavy atom. The number of aromatic carboxylic acids is 1. The number of methoxy groups -OCH3 is 1. The molecule has 4 nitrogen and oxygen atoms in total. The first-order chi connectivity index (χ1) is 9.82. The lowest BCUT2D eigenvalue weighted by molar-refractivity contribution is -0.138. The SMILES string of the molecule is COC1CCCC1Nc1ccc(C(=O)O)c(C(F)(F)F)c1. The Bertz CT molecular complexity index is 531. The highest BCUT2D eigenvalue weighted by atomic mass is 19.4. The molecule has 2 rings (SSSR count). The predicted molar refractivity (Wildman–Crippen MR) is 70.5 cm³/mol. The van der Waals surface area contributed by atoms with Gasteiger partial charge in [0.25, 0.3) is 0 Å². The minimum absolute atomic E-state index is 0.0431. The van der Waals surface area contributed by atoms with E-state index in [1.807, 2.05) is 0 Å². The lowest BCUT2D eigenvalue weighted by Crippen LogP contribution is -2.29. The number of hydrogen-bond acceptors (Lipinski definition) is 3. The summed E-state index contributed by atoms with van der Waals surface area (Å²) in [7, 11) is 1.57. The molecule has 2 unspecified atom stereocenters. The van der Waals surface area contributed by atoms with E-state index in [-0.39, 0.29) is 17.8 Å². The van der Waals surface area contributed by atoms with Crippen LogP contribution in [0.1, 0.15) is 35.2 Å². The Balaban J connectivity index is 2.27. The lowest BCUT2D eigenvalue weighted by atomic mass is 10.1. The number of anilines is 1. The predicted octanol–water partition coefficient (Wildman–Crippen LogP) is 3.38. The van der Waals surface area contributed by atoms with Crippen molar-refractivity contribution in [2.75, 3.05) is 12.4 Å². The smallest absolute Gasteiger partial charge is 0.417 e. The van der Waals surface area contributed by atoms with Gasteiger partial charge in [-0.1, -0.05) is 0 Å². The standard InChI is InChI=1S/C14H16F3NO3/c1-21-12-4-2-3-11(12)18-8-5-6-9(13(19)20)10(7-8)14(15,16)17/h5-7,11-12,18H,2-4H2,1H3,(H,19,20). The number of benzene rings is 1. The Morgan fingerprint density at radius 3 is 2.67 bits per heavy atom. The number of hydrogen-bond donors (Lipinski definition) is 2. The second kappa shape index (κ2) is 5.93. The Morgan fingerprint density at radius 1 is 1.38 bits per heavy atom. The average Bonchev–Trinajstić information content (AvgIpc) is 2.84. The van der Waals surface area contributed by atoms with Gasteiger partial charge >= 0.3 is 12.1 Å². The summed E-state index contributed by atoms with van der Waals surface area (Å²) in [5.41, 5.74) is -1.64. The summed E-state index contributed by atoms with van der Waals surface area (Å²) in [6.07, 6.45) is -2.15. The fourth-order valence-electron chi connectivity index (χ4n) is 2.64. The number of carbonyl (C=O) groups is 1. The molecule has 7 heteroatoms. The van der Waals surface area contributed by atoms with Crippen LogP contribution in [0, 0.1) is 0 Å². The van der Waals surface area contributed by atoms with Crippen molar-refractivity contribution in [3.63, 3.8) is 0 Å². The number of halogens is 3. The van der Waals surface area contributed by atoms with Gasteiger partial charge in [-0.2, -0.15) is 13.2 Å². The first-order valence-corrected chi connectivity index (χ1v) is 6.57. The first-order valence-electron chi connectivity index (χ1n) is 6.57. The van der Waals surface area contributed by atoms with Gasteiger partial charge in [-0.25, -0.2) is 4.79 Å². The Hall–Kier alpha value is -1.76. The molecule has 0 amide bonds. The molecular formula is C14H16F3NO3. The zero-order valence-electron chi connectivity index (χ0n) is 11.4. The highest BCUT2D eigenvalue weighted by Gasteiger charge is 2.36. The summed E-state index contributed by atoms with van der Waals surface area (Å²) in [6.45, 7) is 0. The van der Waals surface area contributed by atoms with E-state index in [1.165, 1.54) is 6.07 Å². The second-order valence-electron chi connectivity index (χ2n) is 5.02. The summed E-state index contributed by atoms with van der Waals surface area (Å²) < 4.78 is 44.1. The van der Waals surface area contributed by atoms with E-state index in [9.17, 15) is 18.0 Å². The molecule has 0 radical (unpaired) electrons. The van der Waals surface area contributed by atoms with Gasteiger partial charge in [0.2, 0.25) is 0 Å². The van der Waals surface area contributed by atoms with Crippen LogP contribution in [0.3, 0.4) is 0 Å². The molecular weight excluding hydrogens is 287 g/mol. The number of rotatable bonds is 4. The maximum Gasteiger partial charge on any atom is 0.417 e. The van der Waals surface area contributed by atoms with Gasteiger partial charge in [0.15, 0.2) is 0 Å². The quantitative estimate of drug-likeness (QED) is 0.895. The van der Waals surface area contributed by atoms with Gasteiger partial charge in [-0.3, -0.25) is 0 Å². The molecule has 1 saturated carbocycles. The van der Waals surface area contributed by atoms with Crippen molar-refractivity contribution in [1.29, 1.82) is 0 Å². The van der Waals surface area contributed by atoms with Crippen molar-refractivity contribution in [2.45, 2.75) is 37.6 Å². The fraction of sp³-hybridized carbons (Fsp3) is 0.500. The number of carboxylic acid groups (broad SMARTS) is 1. The van der Waals surface area contributed by atoms with E-state index >= 15 is 0 Å². The normalized spacial score (nSPS) is 22.3. The third-order valence-electron chi connectivity index (χ3n) is 3.66. The minimum Gasteiger partial charge on any atom is -0.478 e. The third kappa shape index (κ3) is 3.47. The largest absolute Gasteiger partial charge is 0.478 e. The number of nitrogens with one attached hydrogen (secondary N) is 1. The first kappa shape index (κ1) is 15.6. The van der Waals surface area contributed by atoms with E-state index in [0.29, 0.717) is 0 Å². The lowest BCUT2D eigenvalue weighted by Gasteiger charge is -2.22. The summed E-state index contributed by atoms with van der Waals surface area (Å²) in [4.78, 5) is 10.9. The zero-order valence-corrected chi connectivity index (χ0v) is 11.4. The van der Waals surface area contributed by atoms with E-state index in [2.05, 4.69) is 5.32 Å². The molecule has 2 atom stereocenters. The maximum atomic E-state index is 12.9. The van der Waals surface area contributed by atoms with E-state index in [1.54, 1.807) is 7.11 Å². The molecule has 1 aromatic carbocycles. The third-order valence-corrected chi connectivity index (χ3v) is 3.66. The second-order valence-corrected chi connectivity index (χ2v) is 5.02. The minimum atomic E-state index is -4.71. The molecule has 1 aliphatic carbocycles. The zero-order chi connectivity index (χ0) is 15.6. The molecule has 21 heavy (non-hydrogen) atoms. The van der Waals surface area contributed by atoms with Gasteiger partial charge in [-0.05, 0) is 37.5 Å². The summed E-state index contributed by atoms with van der Waals surface area (Å²) >= 11 is 0. The summed E-state index contributed by atoms with van der Waals surface area (Å²) in [6, 6.07) is 3.11. The van der Waals surface area contributed by atoms with Crippen molar-refractivity contribution >= 4 is 11.7 Å². The van der Waals surface area contributed by atoms with E-state index in [0.717, 1.165) is 31.4 Å². The molecule has 0 bridgehead atoms. The van der Waals surface area contributed by atoms with Crippen LogP contribution in [0.5, 0.6) is 0 Å². The molecule has 0 heterocycles. The van der Waals surface area contributed by atoms with Crippen LogP contribution in [-0.2, 0) is 10.9 Å². The van der Waals surface area contributed by atoms with Crippen LogP contribution < -0.4 is 5.32 Å². The fourth-order valence-corrected chi connectivity index (χ4v) is 2.64. The number of carboxylic acids is 1. The van der Waals surface area contributed by atoms with Crippen molar-refractivity contribution in [1.82, 2.24) is 0 Å². The topological polar surface area (TPSA) is 58.6 Å². The summed E-state index contributed by atoms with van der Waals surface area (Å²) in [5, 5.41) is 11.8. The summed E-state index contributed by atoms with van der Waals surface area (Å²) in [5.74, 6) is -1.59. The molecule has 0 spiro atoms. The monoisotopic (exact) mass is 303 g/mol. The van der Waals surface area contributed by atoms with Crippen molar-refractivity contribution < 1.29 is 27.8 Å². The molecule has 0 saturated heterocycles. The van der Waals surface area contributed by atoms with Gasteiger partial charge in [0, 0.05) is 12.8 Å². The van der Waals surface area contributed by atoms with Crippen LogP contribution >= 0.6 is 0 Å². The number of ether oxygens (including phenoxy) is 1. The van der Waals surface area contributed by atoms with Crippen molar-refractivity contribution in [3.05, 3.63) is 29.3 Å². The maximum absolute atomic E-state index is 12.9. The van der Waals surface area contributed by atoms with Gasteiger partial charge < -0.3 is 15.2 Å². The molecule has 0 aliphatic heterocycles. The molecule has 1 aliphatic rings. The van der Waals surface area contributed by atoms with E-state index in [4.69, 9.17) is 9.84 Å². The van der Waals surface area contributed by atoms with Gasteiger partial charge in [0.05, 0.1) is 23.3 Å². The van der Waals surface area contributed by atoms with Gasteiger partial charge in [0.1, 0.15) is 0 Å². The van der Waals surface area contributed by atoms with Gasteiger partial charge in [-0.15, -0.1) is 0 Å². The van der Waals surface area contributed by atoms with Crippen LogP contribution in [-0.4, -0.2) is 30.3 Å². The molecule has 1 fully saturated rings. The average molecular weight is 303 g/mol. The van der Waals surface area contributed by atoms with Crippen molar-refractivity contribution in [2.24, 2.45) is 0 Å². The number of alkyl halides is 3. The van der Waals surface area contributed by atoms with Crippen molar-refractivity contribution in [3.8, 4) is 0 Å².